The molecule has 4 nitrogen and oxygen atoms in total. The van der Waals surface area contributed by atoms with Crippen LogP contribution in [0.3, 0.4) is 0 Å². The first-order valence-corrected chi connectivity index (χ1v) is 9.60. The number of para-hydroxylation sites is 2. The molecule has 0 atom stereocenters. The average molecular weight is 359 g/mol. The highest BCUT2D eigenvalue weighted by Crippen LogP contribution is 2.29. The normalized spacial score (nSPS) is 14.9. The van der Waals surface area contributed by atoms with Gasteiger partial charge >= 0.3 is 0 Å². The lowest BCUT2D eigenvalue weighted by molar-refractivity contribution is -0.117. The average Bonchev–Trinajstić information content (AvgIpc) is 3.13. The minimum Gasteiger partial charge on any atom is -0.361 e. The van der Waals surface area contributed by atoms with Crippen LogP contribution in [-0.2, 0) is 11.2 Å². The minimum absolute atomic E-state index is 0.0554. The maximum Gasteiger partial charge on any atom is 0.238 e. The van der Waals surface area contributed by atoms with Crippen LogP contribution in [0, 0.1) is 0 Å². The molecule has 2 N–H and O–H groups in total. The van der Waals surface area contributed by atoms with Crippen LogP contribution in [-0.4, -0.2) is 35.4 Å². The van der Waals surface area contributed by atoms with E-state index in [0.717, 1.165) is 31.6 Å². The Balaban J connectivity index is 1.39. The fourth-order valence-electron chi connectivity index (χ4n) is 3.78. The molecule has 0 unspecified atom stereocenters. The van der Waals surface area contributed by atoms with Crippen LogP contribution in [0.25, 0.3) is 16.5 Å². The zero-order valence-electron chi connectivity index (χ0n) is 15.7. The fourth-order valence-corrected chi connectivity index (χ4v) is 3.78. The lowest BCUT2D eigenvalue weighted by Crippen LogP contribution is -2.36. The number of aromatic nitrogens is 1. The third-order valence-electron chi connectivity index (χ3n) is 5.27. The Morgan fingerprint density at radius 2 is 1.96 bits per heavy atom. The van der Waals surface area contributed by atoms with Gasteiger partial charge < -0.3 is 10.3 Å². The van der Waals surface area contributed by atoms with E-state index >= 15 is 0 Å². The van der Waals surface area contributed by atoms with E-state index in [4.69, 9.17) is 0 Å². The Bertz CT molecular complexity index is 986. The van der Waals surface area contributed by atoms with Crippen molar-refractivity contribution in [3.05, 3.63) is 71.9 Å². The molecular formula is C23H25N3O. The predicted molar refractivity (Wildman–Crippen MR) is 112 cm³/mol. The molecule has 0 saturated carbocycles. The van der Waals surface area contributed by atoms with Gasteiger partial charge in [-0.05, 0) is 36.1 Å². The number of nitrogens with one attached hydrogen (secondary N) is 2. The molecular weight excluding hydrogens is 334 g/mol. The second kappa shape index (κ2) is 7.80. The summed E-state index contributed by atoms with van der Waals surface area (Å²) >= 11 is 0. The second-order valence-corrected chi connectivity index (χ2v) is 7.02. The van der Waals surface area contributed by atoms with Crippen molar-refractivity contribution in [3.8, 4) is 0 Å². The monoisotopic (exact) mass is 359 g/mol. The van der Waals surface area contributed by atoms with E-state index in [-0.39, 0.29) is 5.91 Å². The molecule has 1 aromatic heterocycles. The summed E-state index contributed by atoms with van der Waals surface area (Å²) in [5.74, 6) is 0.0554. The SMILES string of the molecule is CCc1ccccc1NC(=O)CN1CC=C(c2c[nH]c3ccccc23)CC1. The zero-order valence-corrected chi connectivity index (χ0v) is 15.7. The van der Waals surface area contributed by atoms with Gasteiger partial charge in [-0.2, -0.15) is 0 Å². The molecule has 4 rings (SSSR count). The van der Waals surface area contributed by atoms with E-state index in [1.54, 1.807) is 0 Å². The van der Waals surface area contributed by atoms with Crippen LogP contribution < -0.4 is 5.32 Å². The van der Waals surface area contributed by atoms with Gasteiger partial charge in [0.25, 0.3) is 0 Å². The van der Waals surface area contributed by atoms with Gasteiger partial charge in [-0.3, -0.25) is 9.69 Å². The number of hydrogen-bond donors (Lipinski definition) is 2. The van der Waals surface area contributed by atoms with Gasteiger partial charge in [-0.25, -0.2) is 0 Å². The molecule has 1 aliphatic rings. The van der Waals surface area contributed by atoms with Crippen molar-refractivity contribution >= 4 is 28.1 Å². The Morgan fingerprint density at radius 3 is 2.78 bits per heavy atom. The third kappa shape index (κ3) is 3.81. The number of hydrogen-bond acceptors (Lipinski definition) is 2. The Labute approximate surface area is 159 Å². The Kier molecular flexibility index (Phi) is 5.07. The van der Waals surface area contributed by atoms with E-state index in [2.05, 4.69) is 64.7 Å². The smallest absolute Gasteiger partial charge is 0.238 e. The summed E-state index contributed by atoms with van der Waals surface area (Å²) in [4.78, 5) is 18.0. The standard InChI is InChI=1S/C23H25N3O/c1-2-17-7-3-5-9-21(17)25-23(27)16-26-13-11-18(12-14-26)20-15-24-22-10-6-4-8-19(20)22/h3-11,15,24H,2,12-14,16H2,1H3,(H,25,27). The Hall–Kier alpha value is -2.85. The molecule has 1 aliphatic heterocycles. The molecule has 0 bridgehead atoms. The molecule has 0 fully saturated rings. The second-order valence-electron chi connectivity index (χ2n) is 7.02. The van der Waals surface area contributed by atoms with E-state index in [0.29, 0.717) is 6.54 Å². The number of nitrogens with zero attached hydrogens (tertiary/aromatic N) is 1. The molecule has 138 valence electrons. The van der Waals surface area contributed by atoms with Crippen LogP contribution in [0.5, 0.6) is 0 Å². The molecule has 1 amide bonds. The summed E-state index contributed by atoms with van der Waals surface area (Å²) < 4.78 is 0. The van der Waals surface area contributed by atoms with Crippen LogP contribution in [0.15, 0.2) is 60.8 Å². The number of amides is 1. The summed E-state index contributed by atoms with van der Waals surface area (Å²) in [5.41, 5.74) is 5.92. The van der Waals surface area contributed by atoms with Crippen LogP contribution >= 0.6 is 0 Å². The first-order valence-electron chi connectivity index (χ1n) is 9.60. The topological polar surface area (TPSA) is 48.1 Å². The lowest BCUT2D eigenvalue weighted by Gasteiger charge is -2.25. The molecule has 0 radical (unpaired) electrons. The van der Waals surface area contributed by atoms with E-state index in [9.17, 15) is 4.79 Å². The summed E-state index contributed by atoms with van der Waals surface area (Å²) in [5, 5.41) is 4.33. The quantitative estimate of drug-likeness (QED) is 0.707. The first kappa shape index (κ1) is 17.6. The van der Waals surface area contributed by atoms with Gasteiger partial charge in [0.2, 0.25) is 5.91 Å². The summed E-state index contributed by atoms with van der Waals surface area (Å²) in [6, 6.07) is 16.4. The van der Waals surface area contributed by atoms with Gasteiger partial charge in [0, 0.05) is 41.4 Å². The summed E-state index contributed by atoms with van der Waals surface area (Å²) in [6.07, 6.45) is 6.23. The highest BCUT2D eigenvalue weighted by Gasteiger charge is 2.18. The fraction of sp³-hybridized carbons (Fsp3) is 0.261. The van der Waals surface area contributed by atoms with Crippen molar-refractivity contribution in [2.75, 3.05) is 25.0 Å². The maximum atomic E-state index is 12.5. The number of benzene rings is 2. The molecule has 2 aromatic carbocycles. The van der Waals surface area contributed by atoms with Crippen LogP contribution in [0.2, 0.25) is 0 Å². The number of rotatable bonds is 5. The van der Waals surface area contributed by atoms with Crippen molar-refractivity contribution in [3.63, 3.8) is 0 Å². The largest absolute Gasteiger partial charge is 0.361 e. The number of aromatic amines is 1. The number of anilines is 1. The first-order chi connectivity index (χ1) is 13.2. The molecule has 3 aromatic rings. The van der Waals surface area contributed by atoms with Gasteiger partial charge in [-0.1, -0.05) is 49.4 Å². The number of carbonyl (C=O) groups is 1. The molecule has 4 heteroatoms. The van der Waals surface area contributed by atoms with Crippen LogP contribution in [0.4, 0.5) is 5.69 Å². The maximum absolute atomic E-state index is 12.5. The summed E-state index contributed by atoms with van der Waals surface area (Å²) in [7, 11) is 0. The summed E-state index contributed by atoms with van der Waals surface area (Å²) in [6.45, 7) is 4.23. The minimum atomic E-state index is 0.0554. The highest BCUT2D eigenvalue weighted by molar-refractivity contribution is 5.94. The number of carbonyl (C=O) groups excluding carboxylic acids is 1. The van der Waals surface area contributed by atoms with Crippen molar-refractivity contribution in [2.24, 2.45) is 0 Å². The van der Waals surface area contributed by atoms with Crippen molar-refractivity contribution < 1.29 is 4.79 Å². The molecule has 0 spiro atoms. The number of H-pyrrole nitrogens is 1. The van der Waals surface area contributed by atoms with Crippen LogP contribution in [0.1, 0.15) is 24.5 Å². The predicted octanol–water partition coefficient (Wildman–Crippen LogP) is 4.46. The lowest BCUT2D eigenvalue weighted by atomic mass is 9.99. The van der Waals surface area contributed by atoms with E-state index < -0.39 is 0 Å². The third-order valence-corrected chi connectivity index (χ3v) is 5.27. The van der Waals surface area contributed by atoms with Crippen molar-refractivity contribution in [1.82, 2.24) is 9.88 Å². The number of aryl methyl sites for hydroxylation is 1. The molecule has 0 aliphatic carbocycles. The van der Waals surface area contributed by atoms with Gasteiger partial charge in [-0.15, -0.1) is 0 Å². The van der Waals surface area contributed by atoms with E-state index in [1.165, 1.54) is 27.6 Å². The molecule has 0 saturated heterocycles. The molecule has 27 heavy (non-hydrogen) atoms. The number of fused-ring (bicyclic) bond motifs is 1. The zero-order chi connectivity index (χ0) is 18.6. The van der Waals surface area contributed by atoms with Crippen molar-refractivity contribution in [1.29, 1.82) is 0 Å². The van der Waals surface area contributed by atoms with Gasteiger partial charge in [0.1, 0.15) is 0 Å². The van der Waals surface area contributed by atoms with Crippen molar-refractivity contribution in [2.45, 2.75) is 19.8 Å². The highest BCUT2D eigenvalue weighted by atomic mass is 16.2. The Morgan fingerprint density at radius 1 is 1.15 bits per heavy atom. The van der Waals surface area contributed by atoms with Gasteiger partial charge in [0.05, 0.1) is 6.54 Å². The molecule has 2 heterocycles. The van der Waals surface area contributed by atoms with Gasteiger partial charge in [0.15, 0.2) is 0 Å². The van der Waals surface area contributed by atoms with E-state index in [1.807, 2.05) is 18.2 Å².